The fourth-order valence-electron chi connectivity index (χ4n) is 1.14. The predicted molar refractivity (Wildman–Crippen MR) is 56.9 cm³/mol. The highest BCUT2D eigenvalue weighted by Gasteiger charge is 2.34. The van der Waals surface area contributed by atoms with Crippen LogP contribution in [0.15, 0.2) is 24.3 Å². The number of rotatable bonds is 5. The second-order valence-electron chi connectivity index (χ2n) is 3.47. The molecule has 6 heteroatoms. The van der Waals surface area contributed by atoms with Gasteiger partial charge in [-0.3, -0.25) is 0 Å². The number of aliphatic carboxylic acids is 2. The standard InChI is InChI=1S/C11H12O6/c1-6-2-4-7(5-3-6)17-9(11(15)16)8(12)10(13)14/h2-5,8-9,12H,1H3,(H,13,14)(H,15,16). The minimum absolute atomic E-state index is 0.184. The van der Waals surface area contributed by atoms with Crippen molar-refractivity contribution in [1.29, 1.82) is 0 Å². The van der Waals surface area contributed by atoms with E-state index in [9.17, 15) is 9.59 Å². The van der Waals surface area contributed by atoms with Gasteiger partial charge in [0.25, 0.3) is 0 Å². The second kappa shape index (κ2) is 5.31. The molecular weight excluding hydrogens is 228 g/mol. The van der Waals surface area contributed by atoms with Crippen LogP contribution in [0.5, 0.6) is 5.75 Å². The Labute approximate surface area is 97.1 Å². The molecule has 0 aromatic heterocycles. The Balaban J connectivity index is 2.84. The number of ether oxygens (including phenoxy) is 1. The van der Waals surface area contributed by atoms with Gasteiger partial charge in [0.05, 0.1) is 0 Å². The summed E-state index contributed by atoms with van der Waals surface area (Å²) in [4.78, 5) is 21.3. The van der Waals surface area contributed by atoms with Crippen molar-refractivity contribution in [1.82, 2.24) is 0 Å². The van der Waals surface area contributed by atoms with Gasteiger partial charge in [-0.05, 0) is 19.1 Å². The minimum Gasteiger partial charge on any atom is -0.479 e. The maximum absolute atomic E-state index is 10.8. The molecule has 0 radical (unpaired) electrons. The summed E-state index contributed by atoms with van der Waals surface area (Å²) in [6.45, 7) is 1.84. The molecule has 0 spiro atoms. The first-order chi connectivity index (χ1) is 7.91. The zero-order valence-corrected chi connectivity index (χ0v) is 9.03. The number of benzene rings is 1. The highest BCUT2D eigenvalue weighted by atomic mass is 16.5. The molecule has 0 saturated heterocycles. The van der Waals surface area contributed by atoms with Crippen LogP contribution in [0.2, 0.25) is 0 Å². The molecule has 6 nitrogen and oxygen atoms in total. The molecule has 1 rings (SSSR count). The molecule has 3 N–H and O–H groups in total. The lowest BCUT2D eigenvalue weighted by atomic mass is 10.2. The number of carbonyl (C=O) groups is 2. The van der Waals surface area contributed by atoms with Gasteiger partial charge >= 0.3 is 11.9 Å². The van der Waals surface area contributed by atoms with Crippen molar-refractivity contribution in [2.45, 2.75) is 19.1 Å². The first kappa shape index (κ1) is 13.0. The van der Waals surface area contributed by atoms with Crippen molar-refractivity contribution < 1.29 is 29.6 Å². The zero-order valence-electron chi connectivity index (χ0n) is 9.03. The largest absolute Gasteiger partial charge is 0.479 e. The van der Waals surface area contributed by atoms with Gasteiger partial charge in [-0.2, -0.15) is 0 Å². The van der Waals surface area contributed by atoms with Gasteiger partial charge in [-0.1, -0.05) is 17.7 Å². The maximum Gasteiger partial charge on any atom is 0.348 e. The number of hydrogen-bond acceptors (Lipinski definition) is 4. The molecule has 2 atom stereocenters. The van der Waals surface area contributed by atoms with E-state index in [2.05, 4.69) is 0 Å². The van der Waals surface area contributed by atoms with Crippen LogP contribution in [0.1, 0.15) is 5.56 Å². The third-order valence-electron chi connectivity index (χ3n) is 2.07. The summed E-state index contributed by atoms with van der Waals surface area (Å²) in [7, 11) is 0. The summed E-state index contributed by atoms with van der Waals surface area (Å²) < 4.78 is 4.92. The SMILES string of the molecule is Cc1ccc(OC(C(=O)O)C(O)C(=O)O)cc1. The van der Waals surface area contributed by atoms with Gasteiger partial charge in [0.1, 0.15) is 5.75 Å². The Kier molecular flexibility index (Phi) is 4.06. The topological polar surface area (TPSA) is 104 Å². The van der Waals surface area contributed by atoms with Crippen molar-refractivity contribution in [3.63, 3.8) is 0 Å². The lowest BCUT2D eigenvalue weighted by Gasteiger charge is -2.17. The quantitative estimate of drug-likeness (QED) is 0.682. The minimum atomic E-state index is -2.12. The van der Waals surface area contributed by atoms with E-state index >= 15 is 0 Å². The lowest BCUT2D eigenvalue weighted by molar-refractivity contribution is -0.163. The number of aryl methyl sites for hydroxylation is 1. The molecule has 1 aromatic rings. The van der Waals surface area contributed by atoms with E-state index in [4.69, 9.17) is 20.1 Å². The molecule has 92 valence electrons. The van der Waals surface area contributed by atoms with Crippen LogP contribution in [0.4, 0.5) is 0 Å². The van der Waals surface area contributed by atoms with Crippen molar-refractivity contribution >= 4 is 11.9 Å². The van der Waals surface area contributed by atoms with Crippen LogP contribution in [0.3, 0.4) is 0 Å². The van der Waals surface area contributed by atoms with Gasteiger partial charge in [0, 0.05) is 0 Å². The third kappa shape index (κ3) is 3.46. The van der Waals surface area contributed by atoms with Gasteiger partial charge in [0.15, 0.2) is 6.10 Å². The fourth-order valence-corrected chi connectivity index (χ4v) is 1.14. The summed E-state index contributed by atoms with van der Waals surface area (Å²) in [5, 5.41) is 26.5. The predicted octanol–water partition coefficient (Wildman–Crippen LogP) is 0.273. The van der Waals surface area contributed by atoms with E-state index in [1.165, 1.54) is 12.1 Å². The first-order valence-corrected chi connectivity index (χ1v) is 4.79. The highest BCUT2D eigenvalue weighted by molar-refractivity contribution is 5.83. The van der Waals surface area contributed by atoms with Gasteiger partial charge in [-0.15, -0.1) is 0 Å². The highest BCUT2D eigenvalue weighted by Crippen LogP contribution is 2.15. The number of aliphatic hydroxyl groups excluding tert-OH is 1. The van der Waals surface area contributed by atoms with Crippen LogP contribution < -0.4 is 4.74 Å². The maximum atomic E-state index is 10.8. The average Bonchev–Trinajstić information content (AvgIpc) is 2.26. The molecule has 2 unspecified atom stereocenters. The molecule has 0 heterocycles. The van der Waals surface area contributed by atoms with Crippen molar-refractivity contribution in [3.8, 4) is 5.75 Å². The number of carboxylic acid groups (broad SMARTS) is 2. The van der Waals surface area contributed by atoms with E-state index in [-0.39, 0.29) is 5.75 Å². The molecule has 0 aliphatic rings. The van der Waals surface area contributed by atoms with Gasteiger partial charge in [0.2, 0.25) is 6.10 Å². The van der Waals surface area contributed by atoms with Crippen molar-refractivity contribution in [2.75, 3.05) is 0 Å². The van der Waals surface area contributed by atoms with Crippen LogP contribution in [-0.2, 0) is 9.59 Å². The van der Waals surface area contributed by atoms with E-state index in [1.807, 2.05) is 6.92 Å². The lowest BCUT2D eigenvalue weighted by Crippen LogP contribution is -2.43. The van der Waals surface area contributed by atoms with E-state index in [0.717, 1.165) is 5.56 Å². The van der Waals surface area contributed by atoms with Crippen LogP contribution in [-0.4, -0.2) is 39.5 Å². The Bertz CT molecular complexity index is 410. The Hall–Kier alpha value is -2.08. The van der Waals surface area contributed by atoms with Gasteiger partial charge < -0.3 is 20.1 Å². The Morgan fingerprint density at radius 2 is 1.65 bits per heavy atom. The first-order valence-electron chi connectivity index (χ1n) is 4.79. The molecule has 0 aliphatic carbocycles. The fraction of sp³-hybridized carbons (Fsp3) is 0.273. The summed E-state index contributed by atoms with van der Waals surface area (Å²) in [5.74, 6) is -3.01. The van der Waals surface area contributed by atoms with Crippen LogP contribution in [0.25, 0.3) is 0 Å². The number of carboxylic acids is 2. The summed E-state index contributed by atoms with van der Waals surface area (Å²) in [6.07, 6.45) is -3.95. The third-order valence-corrected chi connectivity index (χ3v) is 2.07. The number of hydrogen-bond donors (Lipinski definition) is 3. The van der Waals surface area contributed by atoms with E-state index in [0.29, 0.717) is 0 Å². The van der Waals surface area contributed by atoms with Crippen LogP contribution in [0, 0.1) is 6.92 Å². The van der Waals surface area contributed by atoms with Crippen LogP contribution >= 0.6 is 0 Å². The van der Waals surface area contributed by atoms with E-state index in [1.54, 1.807) is 12.1 Å². The monoisotopic (exact) mass is 240 g/mol. The normalized spacial score (nSPS) is 13.8. The molecule has 0 fully saturated rings. The molecule has 0 amide bonds. The Morgan fingerprint density at radius 1 is 1.12 bits per heavy atom. The molecule has 0 bridgehead atoms. The van der Waals surface area contributed by atoms with Gasteiger partial charge in [-0.25, -0.2) is 9.59 Å². The summed E-state index contributed by atoms with van der Waals surface area (Å²) >= 11 is 0. The molecule has 0 aliphatic heterocycles. The Morgan fingerprint density at radius 3 is 2.06 bits per heavy atom. The summed E-state index contributed by atoms with van der Waals surface area (Å²) in [6, 6.07) is 6.36. The average molecular weight is 240 g/mol. The smallest absolute Gasteiger partial charge is 0.348 e. The van der Waals surface area contributed by atoms with Crippen molar-refractivity contribution in [2.24, 2.45) is 0 Å². The number of aliphatic hydroxyl groups is 1. The molecular formula is C11H12O6. The molecule has 1 aromatic carbocycles. The molecule has 17 heavy (non-hydrogen) atoms. The van der Waals surface area contributed by atoms with Crippen molar-refractivity contribution in [3.05, 3.63) is 29.8 Å². The molecule has 0 saturated carbocycles. The second-order valence-corrected chi connectivity index (χ2v) is 3.47. The van der Waals surface area contributed by atoms with E-state index < -0.39 is 24.1 Å². The summed E-state index contributed by atoms with van der Waals surface area (Å²) in [5.41, 5.74) is 0.947. The zero-order chi connectivity index (χ0) is 13.0.